The van der Waals surface area contributed by atoms with E-state index in [4.69, 9.17) is 9.47 Å². The number of anilines is 1. The van der Waals surface area contributed by atoms with Gasteiger partial charge in [0.25, 0.3) is 5.91 Å². The summed E-state index contributed by atoms with van der Waals surface area (Å²) in [5.41, 5.74) is 3.04. The van der Waals surface area contributed by atoms with Gasteiger partial charge in [0.15, 0.2) is 6.61 Å². The second-order valence-electron chi connectivity index (χ2n) is 6.38. The Bertz CT molecular complexity index is 966. The van der Waals surface area contributed by atoms with Crippen LogP contribution < -0.4 is 10.1 Å². The average molecular weight is 375 g/mol. The summed E-state index contributed by atoms with van der Waals surface area (Å²) >= 11 is 0. The highest BCUT2D eigenvalue weighted by atomic mass is 16.5. The Hall–Kier alpha value is -3.60. The van der Waals surface area contributed by atoms with Gasteiger partial charge < -0.3 is 14.8 Å². The van der Waals surface area contributed by atoms with Crippen LogP contribution in [0.2, 0.25) is 0 Å². The summed E-state index contributed by atoms with van der Waals surface area (Å²) in [6.07, 6.45) is 0. The number of nitrogens with one attached hydrogen (secondary N) is 1. The minimum Gasteiger partial charge on any atom is -0.457 e. The molecule has 1 amide bonds. The van der Waals surface area contributed by atoms with Crippen molar-refractivity contribution in [2.75, 3.05) is 11.9 Å². The second-order valence-corrected chi connectivity index (χ2v) is 6.38. The van der Waals surface area contributed by atoms with Crippen molar-refractivity contribution >= 4 is 17.6 Å². The summed E-state index contributed by atoms with van der Waals surface area (Å²) in [4.78, 5) is 24.2. The third-order valence-electron chi connectivity index (χ3n) is 4.07. The van der Waals surface area contributed by atoms with Crippen LogP contribution in [-0.4, -0.2) is 18.5 Å². The Kier molecular flexibility index (Phi) is 6.07. The highest BCUT2D eigenvalue weighted by Gasteiger charge is 2.11. The molecule has 0 heterocycles. The zero-order valence-electron chi connectivity index (χ0n) is 15.8. The molecule has 0 saturated carbocycles. The third-order valence-corrected chi connectivity index (χ3v) is 4.07. The fraction of sp³-hybridized carbons (Fsp3) is 0.130. The highest BCUT2D eigenvalue weighted by molar-refractivity contribution is 5.96. The van der Waals surface area contributed by atoms with Crippen molar-refractivity contribution in [3.63, 3.8) is 0 Å². The molecule has 0 bridgehead atoms. The molecule has 3 rings (SSSR count). The van der Waals surface area contributed by atoms with E-state index in [1.54, 1.807) is 24.3 Å². The molecule has 0 saturated heterocycles. The first-order valence-electron chi connectivity index (χ1n) is 8.88. The van der Waals surface area contributed by atoms with Gasteiger partial charge in [-0.2, -0.15) is 0 Å². The molecule has 28 heavy (non-hydrogen) atoms. The van der Waals surface area contributed by atoms with Crippen LogP contribution >= 0.6 is 0 Å². The maximum atomic E-state index is 12.1. The number of amides is 1. The predicted molar refractivity (Wildman–Crippen MR) is 108 cm³/mol. The first-order valence-corrected chi connectivity index (χ1v) is 8.88. The van der Waals surface area contributed by atoms with Crippen molar-refractivity contribution in [3.05, 3.63) is 89.5 Å². The number of rotatable bonds is 6. The van der Waals surface area contributed by atoms with Crippen LogP contribution in [0.15, 0.2) is 72.8 Å². The molecule has 5 nitrogen and oxygen atoms in total. The first kappa shape index (κ1) is 19.2. The van der Waals surface area contributed by atoms with Crippen molar-refractivity contribution < 1.29 is 19.1 Å². The lowest BCUT2D eigenvalue weighted by atomic mass is 10.1. The van der Waals surface area contributed by atoms with Gasteiger partial charge in [0.2, 0.25) is 0 Å². The summed E-state index contributed by atoms with van der Waals surface area (Å²) in [5, 5.41) is 2.76. The molecule has 0 unspecified atom stereocenters. The van der Waals surface area contributed by atoms with E-state index < -0.39 is 5.97 Å². The number of hydrogen-bond donors (Lipinski definition) is 1. The Morgan fingerprint density at radius 3 is 2.25 bits per heavy atom. The molecular weight excluding hydrogens is 354 g/mol. The Morgan fingerprint density at radius 1 is 0.857 bits per heavy atom. The number of carbonyl (C=O) groups is 2. The van der Waals surface area contributed by atoms with Crippen LogP contribution in [0.4, 0.5) is 5.69 Å². The number of hydrogen-bond acceptors (Lipinski definition) is 4. The van der Waals surface area contributed by atoms with Gasteiger partial charge in [0.1, 0.15) is 11.5 Å². The van der Waals surface area contributed by atoms with E-state index in [-0.39, 0.29) is 12.5 Å². The summed E-state index contributed by atoms with van der Waals surface area (Å²) in [5.74, 6) is 0.366. The molecule has 0 aliphatic carbocycles. The molecule has 3 aromatic rings. The smallest absolute Gasteiger partial charge is 0.338 e. The monoisotopic (exact) mass is 375 g/mol. The van der Waals surface area contributed by atoms with Gasteiger partial charge in [0, 0.05) is 5.69 Å². The fourth-order valence-corrected chi connectivity index (χ4v) is 2.55. The molecule has 0 fully saturated rings. The van der Waals surface area contributed by atoms with E-state index in [1.165, 1.54) is 0 Å². The lowest BCUT2D eigenvalue weighted by molar-refractivity contribution is -0.119. The number of para-hydroxylation sites is 1. The third kappa shape index (κ3) is 5.20. The van der Waals surface area contributed by atoms with Gasteiger partial charge in [0.05, 0.1) is 5.56 Å². The molecule has 0 aliphatic heterocycles. The summed E-state index contributed by atoms with van der Waals surface area (Å²) in [6.45, 7) is 3.49. The summed E-state index contributed by atoms with van der Waals surface area (Å²) in [7, 11) is 0. The maximum absolute atomic E-state index is 12.1. The molecule has 0 spiro atoms. The van der Waals surface area contributed by atoms with Crippen LogP contribution in [0.1, 0.15) is 21.5 Å². The topological polar surface area (TPSA) is 64.6 Å². The van der Waals surface area contributed by atoms with Crippen LogP contribution in [0.5, 0.6) is 11.5 Å². The molecule has 0 aliphatic rings. The van der Waals surface area contributed by atoms with Gasteiger partial charge in [-0.15, -0.1) is 0 Å². The van der Waals surface area contributed by atoms with Crippen molar-refractivity contribution in [2.24, 2.45) is 0 Å². The van der Waals surface area contributed by atoms with E-state index in [0.29, 0.717) is 22.7 Å². The Labute approximate surface area is 163 Å². The van der Waals surface area contributed by atoms with Gasteiger partial charge in [-0.3, -0.25) is 4.79 Å². The lowest BCUT2D eigenvalue weighted by Crippen LogP contribution is -2.21. The van der Waals surface area contributed by atoms with Gasteiger partial charge in [-0.1, -0.05) is 30.3 Å². The number of esters is 1. The van der Waals surface area contributed by atoms with Crippen molar-refractivity contribution in [2.45, 2.75) is 13.8 Å². The van der Waals surface area contributed by atoms with Crippen molar-refractivity contribution in [3.8, 4) is 11.5 Å². The normalized spacial score (nSPS) is 10.2. The zero-order chi connectivity index (χ0) is 19.9. The average Bonchev–Trinajstić information content (AvgIpc) is 2.70. The minimum atomic E-state index is -0.567. The molecule has 0 radical (unpaired) electrons. The molecule has 5 heteroatoms. The molecule has 142 valence electrons. The number of ether oxygens (including phenoxy) is 2. The van der Waals surface area contributed by atoms with Crippen molar-refractivity contribution in [1.82, 2.24) is 0 Å². The van der Waals surface area contributed by atoms with Crippen LogP contribution in [-0.2, 0) is 9.53 Å². The molecule has 1 N–H and O–H groups in total. The SMILES string of the molecule is Cc1ccc(C)c(NC(=O)COC(=O)c2ccc(Oc3ccccc3)cc2)c1. The number of carbonyl (C=O) groups excluding carboxylic acids is 2. The first-order chi connectivity index (χ1) is 13.5. The van der Waals surface area contributed by atoms with Crippen LogP contribution in [0, 0.1) is 13.8 Å². The Morgan fingerprint density at radius 2 is 1.54 bits per heavy atom. The van der Waals surface area contributed by atoms with E-state index in [2.05, 4.69) is 5.32 Å². The molecular formula is C23H21NO4. The largest absolute Gasteiger partial charge is 0.457 e. The van der Waals surface area contributed by atoms with E-state index >= 15 is 0 Å². The van der Waals surface area contributed by atoms with Gasteiger partial charge in [-0.05, 0) is 67.4 Å². The highest BCUT2D eigenvalue weighted by Crippen LogP contribution is 2.21. The van der Waals surface area contributed by atoms with E-state index in [1.807, 2.05) is 62.4 Å². The van der Waals surface area contributed by atoms with E-state index in [0.717, 1.165) is 11.1 Å². The zero-order valence-corrected chi connectivity index (χ0v) is 15.8. The van der Waals surface area contributed by atoms with Gasteiger partial charge in [-0.25, -0.2) is 4.79 Å². The Balaban J connectivity index is 1.53. The summed E-state index contributed by atoms with van der Waals surface area (Å²) < 4.78 is 10.8. The van der Waals surface area contributed by atoms with Crippen molar-refractivity contribution in [1.29, 1.82) is 0 Å². The molecule has 0 atom stereocenters. The van der Waals surface area contributed by atoms with Crippen LogP contribution in [0.3, 0.4) is 0 Å². The fourth-order valence-electron chi connectivity index (χ4n) is 2.55. The van der Waals surface area contributed by atoms with Gasteiger partial charge >= 0.3 is 5.97 Å². The predicted octanol–water partition coefficient (Wildman–Crippen LogP) is 4.89. The maximum Gasteiger partial charge on any atom is 0.338 e. The standard InChI is InChI=1S/C23H21NO4/c1-16-8-9-17(2)21(14-16)24-22(25)15-27-23(26)18-10-12-20(13-11-18)28-19-6-4-3-5-7-19/h3-14H,15H2,1-2H3,(H,24,25). The molecule has 0 aromatic heterocycles. The minimum absolute atomic E-state index is 0.347. The quantitative estimate of drug-likeness (QED) is 0.623. The summed E-state index contributed by atoms with van der Waals surface area (Å²) in [6, 6.07) is 21.7. The number of aryl methyl sites for hydroxylation is 2. The number of benzene rings is 3. The molecule has 3 aromatic carbocycles. The lowest BCUT2D eigenvalue weighted by Gasteiger charge is -2.10. The van der Waals surface area contributed by atoms with Crippen LogP contribution in [0.25, 0.3) is 0 Å². The van der Waals surface area contributed by atoms with E-state index in [9.17, 15) is 9.59 Å². The second kappa shape index (κ2) is 8.86.